The summed E-state index contributed by atoms with van der Waals surface area (Å²) in [5.41, 5.74) is 0.860. The lowest BCUT2D eigenvalue weighted by Crippen LogP contribution is -2.13. The fraction of sp³-hybridized carbons (Fsp3) is 0.357. The molecule has 1 N–H and O–H groups in total. The van der Waals surface area contributed by atoms with Crippen molar-refractivity contribution in [2.45, 2.75) is 6.54 Å². The van der Waals surface area contributed by atoms with Crippen LogP contribution in [-0.2, 0) is 20.8 Å². The number of carboxylic acid groups (broad SMARTS) is 1. The number of ether oxygens (including phenoxy) is 2. The van der Waals surface area contributed by atoms with E-state index in [2.05, 4.69) is 0 Å². The fourth-order valence-corrected chi connectivity index (χ4v) is 2.10. The van der Waals surface area contributed by atoms with Gasteiger partial charge in [-0.3, -0.25) is 10.1 Å². The summed E-state index contributed by atoms with van der Waals surface area (Å²) in [5.74, 6) is -1.01. The molecule has 1 aromatic carbocycles. The summed E-state index contributed by atoms with van der Waals surface area (Å²) in [6.07, 6.45) is 1.78. The summed E-state index contributed by atoms with van der Waals surface area (Å²) < 4.78 is 12.1. The third kappa shape index (κ3) is 4.03. The van der Waals surface area contributed by atoms with Crippen molar-refractivity contribution in [3.8, 4) is 0 Å². The van der Waals surface area contributed by atoms with Crippen molar-refractivity contribution in [1.82, 2.24) is 4.57 Å². The molecule has 0 radical (unpaired) electrons. The lowest BCUT2D eigenvalue weighted by atomic mass is 10.2. The van der Waals surface area contributed by atoms with E-state index in [1.54, 1.807) is 18.3 Å². The number of fused-ring (bicyclic) bond motifs is 1. The van der Waals surface area contributed by atoms with E-state index < -0.39 is 10.9 Å². The molecule has 1 heterocycles. The van der Waals surface area contributed by atoms with Crippen LogP contribution in [0.3, 0.4) is 0 Å². The van der Waals surface area contributed by atoms with Gasteiger partial charge in [0.15, 0.2) is 0 Å². The molecule has 118 valence electrons. The first-order valence-corrected chi connectivity index (χ1v) is 6.69. The smallest absolute Gasteiger partial charge is 0.329 e. The van der Waals surface area contributed by atoms with E-state index in [0.717, 1.165) is 5.52 Å². The number of non-ortho nitro benzene ring substituents is 1. The quantitative estimate of drug-likeness (QED) is 0.429. The molecule has 0 bridgehead atoms. The number of hydrogen-bond acceptors (Lipinski definition) is 5. The lowest BCUT2D eigenvalue weighted by molar-refractivity contribution is -0.383. The first kappa shape index (κ1) is 15.9. The highest BCUT2D eigenvalue weighted by atomic mass is 16.6. The molecule has 22 heavy (non-hydrogen) atoms. The van der Waals surface area contributed by atoms with Crippen LogP contribution < -0.4 is 0 Å². The van der Waals surface area contributed by atoms with Gasteiger partial charge in [-0.2, -0.15) is 0 Å². The molecule has 0 fully saturated rings. The van der Waals surface area contributed by atoms with E-state index in [9.17, 15) is 14.9 Å². The van der Waals surface area contributed by atoms with Crippen molar-refractivity contribution in [2.24, 2.45) is 0 Å². The molecule has 0 aliphatic heterocycles. The van der Waals surface area contributed by atoms with Crippen LogP contribution in [0.15, 0.2) is 30.5 Å². The number of nitrogens with zero attached hydrogens (tertiary/aromatic N) is 2. The number of aliphatic carboxylic acids is 1. The van der Waals surface area contributed by atoms with Crippen molar-refractivity contribution < 1.29 is 24.3 Å². The molecule has 8 heteroatoms. The van der Waals surface area contributed by atoms with Crippen LogP contribution in [-0.4, -0.2) is 47.0 Å². The highest BCUT2D eigenvalue weighted by Crippen LogP contribution is 2.26. The molecule has 0 atom stereocenters. The molecule has 8 nitrogen and oxygen atoms in total. The van der Waals surface area contributed by atoms with Crippen molar-refractivity contribution in [2.75, 3.05) is 26.4 Å². The van der Waals surface area contributed by atoms with Gasteiger partial charge >= 0.3 is 5.97 Å². The van der Waals surface area contributed by atoms with E-state index in [-0.39, 0.29) is 18.9 Å². The molecular formula is C14H16N2O6. The van der Waals surface area contributed by atoms with Gasteiger partial charge in [0.1, 0.15) is 6.61 Å². The predicted octanol–water partition coefficient (Wildman–Crippen LogP) is 1.67. The average molecular weight is 308 g/mol. The van der Waals surface area contributed by atoms with Gasteiger partial charge < -0.3 is 19.1 Å². The SMILES string of the molecule is O=C(O)COCCOCCn1ccc2c([N+](=O)[O-])cccc21. The Morgan fingerprint density at radius 3 is 2.73 bits per heavy atom. The van der Waals surface area contributed by atoms with Crippen molar-refractivity contribution >= 4 is 22.6 Å². The minimum absolute atomic E-state index is 0.0826. The van der Waals surface area contributed by atoms with Gasteiger partial charge in [0.2, 0.25) is 0 Å². The Balaban J connectivity index is 1.84. The monoisotopic (exact) mass is 308 g/mol. The molecule has 2 rings (SSSR count). The summed E-state index contributed by atoms with van der Waals surface area (Å²) in [4.78, 5) is 20.8. The molecule has 1 aromatic heterocycles. The van der Waals surface area contributed by atoms with Crippen molar-refractivity contribution in [3.63, 3.8) is 0 Å². The average Bonchev–Trinajstić information content (AvgIpc) is 2.89. The van der Waals surface area contributed by atoms with E-state index in [4.69, 9.17) is 14.6 Å². The van der Waals surface area contributed by atoms with Gasteiger partial charge in [0.25, 0.3) is 5.69 Å². The third-order valence-corrected chi connectivity index (χ3v) is 3.06. The second-order valence-corrected chi connectivity index (χ2v) is 4.53. The van der Waals surface area contributed by atoms with Crippen LogP contribution in [0.4, 0.5) is 5.69 Å². The summed E-state index contributed by atoms with van der Waals surface area (Å²) in [5, 5.41) is 19.9. The van der Waals surface area contributed by atoms with Crippen LogP contribution >= 0.6 is 0 Å². The zero-order chi connectivity index (χ0) is 15.9. The lowest BCUT2D eigenvalue weighted by Gasteiger charge is -2.07. The molecule has 2 aromatic rings. The van der Waals surface area contributed by atoms with Crippen LogP contribution in [0.1, 0.15) is 0 Å². The minimum Gasteiger partial charge on any atom is -0.480 e. The summed E-state index contributed by atoms with van der Waals surface area (Å²) in [7, 11) is 0. The first-order valence-electron chi connectivity index (χ1n) is 6.69. The van der Waals surface area contributed by atoms with Crippen LogP contribution in [0.5, 0.6) is 0 Å². The zero-order valence-electron chi connectivity index (χ0n) is 11.8. The van der Waals surface area contributed by atoms with Crippen LogP contribution in [0.25, 0.3) is 10.9 Å². The van der Waals surface area contributed by atoms with E-state index in [1.165, 1.54) is 6.07 Å². The van der Waals surface area contributed by atoms with Crippen LogP contribution in [0, 0.1) is 10.1 Å². The Morgan fingerprint density at radius 1 is 1.23 bits per heavy atom. The predicted molar refractivity (Wildman–Crippen MR) is 77.9 cm³/mol. The summed E-state index contributed by atoms with van der Waals surface area (Å²) in [6.45, 7) is 1.12. The summed E-state index contributed by atoms with van der Waals surface area (Å²) in [6, 6.07) is 6.66. The molecule has 0 spiro atoms. The molecule has 0 amide bonds. The number of nitro benzene ring substituents is 1. The Bertz CT molecular complexity index is 666. The number of nitro groups is 1. The maximum atomic E-state index is 10.9. The molecule has 0 unspecified atom stereocenters. The van der Waals surface area contributed by atoms with E-state index in [1.807, 2.05) is 10.6 Å². The van der Waals surface area contributed by atoms with Gasteiger partial charge in [-0.15, -0.1) is 0 Å². The van der Waals surface area contributed by atoms with Gasteiger partial charge in [-0.05, 0) is 12.1 Å². The van der Waals surface area contributed by atoms with Gasteiger partial charge in [0.05, 0.1) is 35.6 Å². The standard InChI is InChI=1S/C14H16N2O6/c17-14(18)10-22-9-8-21-7-6-15-5-4-11-12(15)2-1-3-13(11)16(19)20/h1-5H,6-10H2,(H,17,18). The maximum absolute atomic E-state index is 10.9. The zero-order valence-corrected chi connectivity index (χ0v) is 11.8. The van der Waals surface area contributed by atoms with Gasteiger partial charge in [-0.25, -0.2) is 4.79 Å². The molecule has 0 aliphatic rings. The topological polar surface area (TPSA) is 104 Å². The summed E-state index contributed by atoms with van der Waals surface area (Å²) >= 11 is 0. The highest BCUT2D eigenvalue weighted by Gasteiger charge is 2.13. The Labute approximate surface area is 126 Å². The van der Waals surface area contributed by atoms with E-state index in [0.29, 0.717) is 25.1 Å². The van der Waals surface area contributed by atoms with Gasteiger partial charge in [-0.1, -0.05) is 6.07 Å². The number of hydrogen-bond donors (Lipinski definition) is 1. The number of rotatable bonds is 9. The molecule has 0 aliphatic carbocycles. The maximum Gasteiger partial charge on any atom is 0.329 e. The number of carbonyl (C=O) groups is 1. The third-order valence-electron chi connectivity index (χ3n) is 3.06. The fourth-order valence-electron chi connectivity index (χ4n) is 2.10. The Hall–Kier alpha value is -2.45. The largest absolute Gasteiger partial charge is 0.480 e. The normalized spacial score (nSPS) is 10.9. The molecule has 0 saturated carbocycles. The first-order chi connectivity index (χ1) is 10.6. The highest BCUT2D eigenvalue weighted by molar-refractivity contribution is 5.89. The second-order valence-electron chi connectivity index (χ2n) is 4.53. The molecular weight excluding hydrogens is 292 g/mol. The number of carboxylic acids is 1. The Kier molecular flexibility index (Phi) is 5.45. The van der Waals surface area contributed by atoms with Crippen molar-refractivity contribution in [1.29, 1.82) is 0 Å². The van der Waals surface area contributed by atoms with Crippen molar-refractivity contribution in [3.05, 3.63) is 40.6 Å². The molecule has 0 saturated heterocycles. The number of benzene rings is 1. The minimum atomic E-state index is -1.01. The van der Waals surface area contributed by atoms with Gasteiger partial charge in [0, 0.05) is 18.8 Å². The van der Waals surface area contributed by atoms with E-state index >= 15 is 0 Å². The van der Waals surface area contributed by atoms with Crippen LogP contribution in [0.2, 0.25) is 0 Å². The number of aromatic nitrogens is 1. The second kappa shape index (κ2) is 7.53. The Morgan fingerprint density at radius 2 is 2.00 bits per heavy atom.